The number of hydrazone groups is 1. The minimum Gasteiger partial charge on any atom is -0.493 e. The van der Waals surface area contributed by atoms with Crippen molar-refractivity contribution in [3.8, 4) is 17.2 Å². The number of hydrogen-bond acceptors (Lipinski definition) is 7. The highest BCUT2D eigenvalue weighted by Crippen LogP contribution is 2.29. The Morgan fingerprint density at radius 2 is 1.85 bits per heavy atom. The van der Waals surface area contributed by atoms with Crippen LogP contribution >= 0.6 is 11.6 Å². The van der Waals surface area contributed by atoms with Gasteiger partial charge in [0, 0.05) is 11.1 Å². The number of benzene rings is 3. The maximum Gasteiger partial charge on any atom is 0.310 e. The van der Waals surface area contributed by atoms with E-state index in [2.05, 4.69) is 10.5 Å². The van der Waals surface area contributed by atoms with Crippen molar-refractivity contribution in [1.82, 2.24) is 5.43 Å². The lowest BCUT2D eigenvalue weighted by Gasteiger charge is -2.13. The summed E-state index contributed by atoms with van der Waals surface area (Å²) in [7, 11) is 1.52. The zero-order valence-corrected chi connectivity index (χ0v) is 19.2. The van der Waals surface area contributed by atoms with E-state index in [0.29, 0.717) is 28.7 Å². The number of carbonyl (C=O) groups is 1. The Kier molecular flexibility index (Phi) is 8.42. The van der Waals surface area contributed by atoms with Crippen molar-refractivity contribution in [2.75, 3.05) is 7.11 Å². The first kappa shape index (κ1) is 24.5. The zero-order valence-electron chi connectivity index (χ0n) is 18.4. The Hall–Kier alpha value is -4.11. The molecule has 0 fully saturated rings. The van der Waals surface area contributed by atoms with Crippen LogP contribution in [0.1, 0.15) is 18.1 Å². The number of methoxy groups -OCH3 is 1. The fourth-order valence-corrected chi connectivity index (χ4v) is 2.96. The van der Waals surface area contributed by atoms with Gasteiger partial charge in [-0.2, -0.15) is 5.10 Å². The van der Waals surface area contributed by atoms with Gasteiger partial charge in [-0.15, -0.1) is 0 Å². The lowest BCUT2D eigenvalue weighted by Crippen LogP contribution is -2.33. The minimum absolute atomic E-state index is 0.00180. The number of carbonyl (C=O) groups excluding carboxylic acids is 1. The molecule has 1 amide bonds. The predicted octanol–water partition coefficient (Wildman–Crippen LogP) is 4.75. The smallest absolute Gasteiger partial charge is 0.310 e. The third-order valence-electron chi connectivity index (χ3n) is 4.62. The molecule has 0 aliphatic heterocycles. The maximum atomic E-state index is 12.3. The van der Waals surface area contributed by atoms with Crippen LogP contribution in [0.5, 0.6) is 17.2 Å². The highest BCUT2D eigenvalue weighted by atomic mass is 35.5. The number of rotatable bonds is 10. The lowest BCUT2D eigenvalue weighted by molar-refractivity contribution is -0.386. The van der Waals surface area contributed by atoms with Crippen molar-refractivity contribution in [2.45, 2.75) is 19.6 Å². The Bertz CT molecular complexity index is 1180. The number of nitro groups is 1. The molecular weight excluding hydrogens is 462 g/mol. The summed E-state index contributed by atoms with van der Waals surface area (Å²) in [6.45, 7) is 1.81. The first-order valence-corrected chi connectivity index (χ1v) is 10.5. The quantitative estimate of drug-likeness (QED) is 0.253. The topological polar surface area (TPSA) is 112 Å². The van der Waals surface area contributed by atoms with Crippen molar-refractivity contribution in [3.63, 3.8) is 0 Å². The van der Waals surface area contributed by atoms with Crippen LogP contribution in [0, 0.1) is 10.1 Å². The molecule has 0 bridgehead atoms. The summed E-state index contributed by atoms with van der Waals surface area (Å²) in [5.41, 5.74) is 3.74. The molecular formula is C24H22ClN3O6. The van der Waals surface area contributed by atoms with Crippen LogP contribution in [-0.4, -0.2) is 30.3 Å². The fourth-order valence-electron chi connectivity index (χ4n) is 2.84. The molecule has 9 nitrogen and oxygen atoms in total. The first-order valence-electron chi connectivity index (χ1n) is 10.2. The van der Waals surface area contributed by atoms with Crippen LogP contribution in [0.15, 0.2) is 71.8 Å². The Morgan fingerprint density at radius 3 is 2.56 bits per heavy atom. The molecule has 0 saturated carbocycles. The molecule has 0 spiro atoms. The normalized spacial score (nSPS) is 11.6. The third-order valence-corrected chi connectivity index (χ3v) is 4.87. The molecule has 0 aromatic heterocycles. The van der Waals surface area contributed by atoms with Gasteiger partial charge >= 0.3 is 5.69 Å². The molecule has 1 unspecified atom stereocenters. The van der Waals surface area contributed by atoms with Crippen LogP contribution in [0.25, 0.3) is 0 Å². The number of nitrogens with one attached hydrogen (secondary N) is 1. The average Bonchev–Trinajstić information content (AvgIpc) is 2.84. The highest BCUT2D eigenvalue weighted by molar-refractivity contribution is 6.30. The van der Waals surface area contributed by atoms with Crippen LogP contribution in [0.4, 0.5) is 5.69 Å². The minimum atomic E-state index is -1.00. The van der Waals surface area contributed by atoms with E-state index in [0.717, 1.165) is 5.56 Å². The summed E-state index contributed by atoms with van der Waals surface area (Å²) in [6, 6.07) is 18.3. The summed E-state index contributed by atoms with van der Waals surface area (Å²) < 4.78 is 16.6. The molecule has 0 aliphatic rings. The maximum absolute atomic E-state index is 12.3. The van der Waals surface area contributed by atoms with Gasteiger partial charge in [-0.3, -0.25) is 14.9 Å². The zero-order chi connectivity index (χ0) is 24.5. The number of nitro benzene ring substituents is 1. The molecule has 1 atom stereocenters. The molecule has 3 aromatic carbocycles. The Balaban J connectivity index is 1.58. The van der Waals surface area contributed by atoms with E-state index in [1.807, 2.05) is 12.1 Å². The van der Waals surface area contributed by atoms with Crippen molar-refractivity contribution in [1.29, 1.82) is 0 Å². The van der Waals surface area contributed by atoms with E-state index < -0.39 is 16.9 Å². The monoisotopic (exact) mass is 483 g/mol. The Labute approximate surface area is 201 Å². The van der Waals surface area contributed by atoms with Gasteiger partial charge in [0.2, 0.25) is 0 Å². The van der Waals surface area contributed by atoms with Crippen LogP contribution in [0.3, 0.4) is 0 Å². The summed E-state index contributed by atoms with van der Waals surface area (Å²) in [5, 5.41) is 15.7. The fraction of sp³-hybridized carbons (Fsp3) is 0.167. The molecule has 1 N–H and O–H groups in total. The van der Waals surface area contributed by atoms with Crippen LogP contribution in [-0.2, 0) is 11.4 Å². The van der Waals surface area contributed by atoms with Crippen LogP contribution < -0.4 is 19.6 Å². The molecule has 0 radical (unpaired) electrons. The summed E-state index contributed by atoms with van der Waals surface area (Å²) in [6.07, 6.45) is 0.428. The van der Waals surface area contributed by atoms with Gasteiger partial charge in [-0.25, -0.2) is 5.43 Å². The van der Waals surface area contributed by atoms with Crippen LogP contribution in [0.2, 0.25) is 5.02 Å². The van der Waals surface area contributed by atoms with E-state index in [4.69, 9.17) is 25.8 Å². The average molecular weight is 484 g/mol. The largest absolute Gasteiger partial charge is 0.493 e. The van der Waals surface area contributed by atoms with Crippen molar-refractivity contribution < 1.29 is 23.9 Å². The molecule has 3 aromatic rings. The van der Waals surface area contributed by atoms with Crippen molar-refractivity contribution in [2.24, 2.45) is 5.10 Å². The number of hydrogen-bond donors (Lipinski definition) is 1. The van der Waals surface area contributed by atoms with E-state index in [1.165, 1.54) is 38.4 Å². The molecule has 0 aliphatic carbocycles. The van der Waals surface area contributed by atoms with Gasteiger partial charge in [-0.1, -0.05) is 35.9 Å². The number of nitrogens with zero attached hydrogens (tertiary/aromatic N) is 2. The van der Waals surface area contributed by atoms with Gasteiger partial charge in [0.15, 0.2) is 23.4 Å². The number of ether oxygens (including phenoxy) is 3. The predicted molar refractivity (Wildman–Crippen MR) is 128 cm³/mol. The van der Waals surface area contributed by atoms with Crippen molar-refractivity contribution in [3.05, 3.63) is 93.0 Å². The molecule has 34 heavy (non-hydrogen) atoms. The standard InChI is InChI=1S/C24H22ClN3O6/c1-16(34-21-6-4-3-5-20(21)28(30)31)24(29)27-26-14-18-9-12-22(23(13-18)32-2)33-15-17-7-10-19(25)11-8-17/h3-14,16H,15H2,1-2H3,(H,27,29). The molecule has 0 heterocycles. The van der Waals surface area contributed by atoms with E-state index in [9.17, 15) is 14.9 Å². The van der Waals surface area contributed by atoms with E-state index in [-0.39, 0.29) is 11.4 Å². The van der Waals surface area contributed by atoms with Crippen molar-refractivity contribution >= 4 is 29.4 Å². The van der Waals surface area contributed by atoms with Gasteiger partial charge in [0.05, 0.1) is 18.2 Å². The Morgan fingerprint density at radius 1 is 1.12 bits per heavy atom. The summed E-state index contributed by atoms with van der Waals surface area (Å²) >= 11 is 5.90. The van der Waals surface area contributed by atoms with Gasteiger partial charge in [0.1, 0.15) is 6.61 Å². The molecule has 0 saturated heterocycles. The van der Waals surface area contributed by atoms with Gasteiger partial charge < -0.3 is 14.2 Å². The lowest BCUT2D eigenvalue weighted by atomic mass is 10.2. The number of amides is 1. The number of para-hydroxylation sites is 2. The molecule has 3 rings (SSSR count). The first-order chi connectivity index (χ1) is 16.4. The number of halogens is 1. The summed E-state index contributed by atoms with van der Waals surface area (Å²) in [5.74, 6) is 0.477. The highest BCUT2D eigenvalue weighted by Gasteiger charge is 2.20. The van der Waals surface area contributed by atoms with E-state index >= 15 is 0 Å². The second-order valence-electron chi connectivity index (χ2n) is 7.04. The third kappa shape index (κ3) is 6.69. The second kappa shape index (κ2) is 11.7. The summed E-state index contributed by atoms with van der Waals surface area (Å²) in [4.78, 5) is 22.8. The molecule has 176 valence electrons. The van der Waals surface area contributed by atoms with Gasteiger partial charge in [-0.05, 0) is 54.4 Å². The molecule has 10 heteroatoms. The SMILES string of the molecule is COc1cc(C=NNC(=O)C(C)Oc2ccccc2[N+](=O)[O-])ccc1OCc1ccc(Cl)cc1. The second-order valence-corrected chi connectivity index (χ2v) is 7.48. The van der Waals surface area contributed by atoms with E-state index in [1.54, 1.807) is 36.4 Å². The van der Waals surface area contributed by atoms with Gasteiger partial charge in [0.25, 0.3) is 5.91 Å².